The highest BCUT2D eigenvalue weighted by atomic mass is 15.1. The van der Waals surface area contributed by atoms with Crippen LogP contribution in [0.5, 0.6) is 0 Å². The molecule has 1 aliphatic heterocycles. The van der Waals surface area contributed by atoms with E-state index in [9.17, 15) is 0 Å². The minimum absolute atomic E-state index is 0.391. The van der Waals surface area contributed by atoms with Crippen LogP contribution in [-0.4, -0.2) is 23.7 Å². The average molecular weight is 263 g/mol. The molecule has 0 atom stereocenters. The van der Waals surface area contributed by atoms with E-state index in [4.69, 9.17) is 0 Å². The van der Waals surface area contributed by atoms with Crippen molar-refractivity contribution >= 4 is 17.8 Å². The molecule has 1 nitrogen and oxygen atoms in total. The molecule has 102 valence electrons. The summed E-state index contributed by atoms with van der Waals surface area (Å²) in [6.45, 7) is 9.57. The van der Waals surface area contributed by atoms with Crippen LogP contribution in [0, 0.1) is 0 Å². The Bertz CT molecular complexity index is 565. The fourth-order valence-electron chi connectivity index (χ4n) is 3.64. The Kier molecular flexibility index (Phi) is 3.43. The second kappa shape index (κ2) is 5.10. The summed E-state index contributed by atoms with van der Waals surface area (Å²) >= 11 is 0. The fraction of sp³-hybridized carbons (Fsp3) is 0.333. The molecule has 1 aliphatic rings. The van der Waals surface area contributed by atoms with Crippen LogP contribution < -0.4 is 10.9 Å². The van der Waals surface area contributed by atoms with Gasteiger partial charge in [0.2, 0.25) is 0 Å². The van der Waals surface area contributed by atoms with E-state index in [1.54, 1.807) is 0 Å². The number of nitrogens with zero attached hydrogens (tertiary/aromatic N) is 1. The summed E-state index contributed by atoms with van der Waals surface area (Å²) in [5, 5.41) is 0. The lowest BCUT2D eigenvalue weighted by Crippen LogP contribution is -2.59. The van der Waals surface area contributed by atoms with Crippen molar-refractivity contribution in [3.63, 3.8) is 0 Å². The molecule has 2 aromatic carbocycles. The molecule has 20 heavy (non-hydrogen) atoms. The van der Waals surface area contributed by atoms with Gasteiger partial charge in [-0.1, -0.05) is 76.2 Å². The normalized spacial score (nSPS) is 13.2. The zero-order valence-electron chi connectivity index (χ0n) is 12.8. The lowest BCUT2D eigenvalue weighted by atomic mass is 9.51. The Morgan fingerprint density at radius 2 is 1.10 bits per heavy atom. The third-order valence-corrected chi connectivity index (χ3v) is 4.29. The predicted octanol–water partition coefficient (Wildman–Crippen LogP) is 2.89. The zero-order valence-corrected chi connectivity index (χ0v) is 12.8. The van der Waals surface area contributed by atoms with Gasteiger partial charge in [0.1, 0.15) is 0 Å². The first-order valence-corrected chi connectivity index (χ1v) is 7.57. The summed E-state index contributed by atoms with van der Waals surface area (Å²) in [6.07, 6.45) is 0. The van der Waals surface area contributed by atoms with E-state index in [0.717, 1.165) is 0 Å². The van der Waals surface area contributed by atoms with Crippen LogP contribution in [0.3, 0.4) is 0 Å². The molecular formula is C18H22BN. The van der Waals surface area contributed by atoms with Gasteiger partial charge in [0, 0.05) is 0 Å². The van der Waals surface area contributed by atoms with E-state index >= 15 is 0 Å². The van der Waals surface area contributed by atoms with Gasteiger partial charge in [0.25, 0.3) is 6.85 Å². The molecule has 0 unspecified atom stereocenters. The van der Waals surface area contributed by atoms with Gasteiger partial charge in [-0.3, -0.25) is 0 Å². The average Bonchev–Trinajstić information content (AvgIpc) is 2.74. The molecule has 3 rings (SSSR count). The summed E-state index contributed by atoms with van der Waals surface area (Å²) in [5.74, 6) is 0. The van der Waals surface area contributed by atoms with E-state index in [2.05, 4.69) is 81.0 Å². The lowest BCUT2D eigenvalue weighted by molar-refractivity contribution is 0.310. The summed E-state index contributed by atoms with van der Waals surface area (Å²) in [6, 6.07) is 18.8. The van der Waals surface area contributed by atoms with E-state index < -0.39 is 0 Å². The third-order valence-electron chi connectivity index (χ3n) is 4.29. The molecule has 0 amide bonds. The summed E-state index contributed by atoms with van der Waals surface area (Å²) < 4.78 is 0. The number of hydrogen-bond donors (Lipinski definition) is 0. The zero-order chi connectivity index (χ0) is 14.3. The molecule has 0 saturated heterocycles. The maximum Gasteiger partial charge on any atom is 0.293 e. The van der Waals surface area contributed by atoms with Crippen LogP contribution in [-0.2, 0) is 0 Å². The van der Waals surface area contributed by atoms with E-state index in [0.29, 0.717) is 18.9 Å². The Labute approximate surface area is 122 Å². The van der Waals surface area contributed by atoms with Crippen LogP contribution in [0.4, 0.5) is 0 Å². The lowest BCUT2D eigenvalue weighted by Gasteiger charge is -2.35. The van der Waals surface area contributed by atoms with Crippen LogP contribution in [0.25, 0.3) is 11.1 Å². The summed E-state index contributed by atoms with van der Waals surface area (Å²) in [7, 11) is 0. The number of hydrogen-bond acceptors (Lipinski definition) is 1. The second-order valence-electron chi connectivity index (χ2n) is 6.21. The van der Waals surface area contributed by atoms with Crippen molar-refractivity contribution in [1.82, 2.24) is 4.81 Å². The van der Waals surface area contributed by atoms with Gasteiger partial charge in [0.15, 0.2) is 0 Å². The molecule has 0 saturated carbocycles. The van der Waals surface area contributed by atoms with Crippen molar-refractivity contribution in [1.29, 1.82) is 0 Å². The summed E-state index contributed by atoms with van der Waals surface area (Å²) in [4.78, 5) is 2.62. The first-order chi connectivity index (χ1) is 9.61. The van der Waals surface area contributed by atoms with Gasteiger partial charge in [-0.05, 0) is 34.1 Å². The summed E-state index contributed by atoms with van der Waals surface area (Å²) in [5.41, 5.74) is 5.71. The highest BCUT2D eigenvalue weighted by Gasteiger charge is 2.38. The highest BCUT2D eigenvalue weighted by Crippen LogP contribution is 2.25. The van der Waals surface area contributed by atoms with Gasteiger partial charge in [-0.2, -0.15) is 0 Å². The number of fused-ring (bicyclic) bond motifs is 3. The molecule has 0 spiro atoms. The smallest absolute Gasteiger partial charge is 0.293 e. The quantitative estimate of drug-likeness (QED) is 0.770. The molecule has 0 N–H and O–H groups in total. The van der Waals surface area contributed by atoms with Crippen molar-refractivity contribution < 1.29 is 0 Å². The van der Waals surface area contributed by atoms with E-state index in [1.807, 2.05) is 0 Å². The monoisotopic (exact) mass is 263 g/mol. The van der Waals surface area contributed by atoms with Gasteiger partial charge < -0.3 is 4.81 Å². The Morgan fingerprint density at radius 3 is 1.50 bits per heavy atom. The van der Waals surface area contributed by atoms with Crippen LogP contribution in [0.15, 0.2) is 48.5 Å². The van der Waals surface area contributed by atoms with Crippen molar-refractivity contribution in [2.24, 2.45) is 0 Å². The van der Waals surface area contributed by atoms with Crippen LogP contribution in [0.1, 0.15) is 27.7 Å². The topological polar surface area (TPSA) is 3.24 Å². The molecule has 0 aromatic heterocycles. The Hall–Kier alpha value is -1.54. The standard InChI is InChI=1S/C18H22BN/c1-13(2)20(14(3)4)19-17-11-7-5-9-15(17)16-10-6-8-12-18(16)19/h5-14H,1-4H3. The fourth-order valence-corrected chi connectivity index (χ4v) is 3.64. The minimum atomic E-state index is 0.391. The minimum Gasteiger partial charge on any atom is -0.330 e. The highest BCUT2D eigenvalue weighted by molar-refractivity contribution is 6.87. The van der Waals surface area contributed by atoms with Crippen LogP contribution >= 0.6 is 0 Å². The van der Waals surface area contributed by atoms with E-state index in [-0.39, 0.29) is 0 Å². The van der Waals surface area contributed by atoms with Crippen molar-refractivity contribution in [2.75, 3.05) is 0 Å². The predicted molar refractivity (Wildman–Crippen MR) is 89.0 cm³/mol. The molecule has 2 aromatic rings. The van der Waals surface area contributed by atoms with Crippen LogP contribution in [0.2, 0.25) is 0 Å². The maximum atomic E-state index is 2.62. The Balaban J connectivity index is 2.20. The number of benzene rings is 2. The second-order valence-corrected chi connectivity index (χ2v) is 6.21. The molecule has 2 heteroatoms. The molecular weight excluding hydrogens is 241 g/mol. The molecule has 0 fully saturated rings. The SMILES string of the molecule is CC(C)N(B1c2ccccc2-c2ccccc21)C(C)C. The first-order valence-electron chi connectivity index (χ1n) is 7.57. The Morgan fingerprint density at radius 1 is 0.700 bits per heavy atom. The first kappa shape index (κ1) is 13.4. The molecule has 0 aliphatic carbocycles. The number of rotatable bonds is 3. The van der Waals surface area contributed by atoms with Crippen molar-refractivity contribution in [2.45, 2.75) is 39.8 Å². The largest absolute Gasteiger partial charge is 0.330 e. The maximum absolute atomic E-state index is 2.62. The van der Waals surface area contributed by atoms with Gasteiger partial charge in [-0.25, -0.2) is 0 Å². The molecule has 1 heterocycles. The molecule has 0 radical (unpaired) electrons. The van der Waals surface area contributed by atoms with E-state index in [1.165, 1.54) is 22.1 Å². The van der Waals surface area contributed by atoms with Crippen molar-refractivity contribution in [3.8, 4) is 11.1 Å². The molecule has 0 bridgehead atoms. The van der Waals surface area contributed by atoms with Gasteiger partial charge >= 0.3 is 0 Å². The van der Waals surface area contributed by atoms with Crippen molar-refractivity contribution in [3.05, 3.63) is 48.5 Å². The van der Waals surface area contributed by atoms with Gasteiger partial charge in [0.05, 0.1) is 0 Å². The third kappa shape index (κ3) is 1.99. The van der Waals surface area contributed by atoms with Gasteiger partial charge in [-0.15, -0.1) is 0 Å².